The lowest BCUT2D eigenvalue weighted by molar-refractivity contribution is -0.347. The van der Waals surface area contributed by atoms with Gasteiger partial charge in [0, 0.05) is 4.74 Å². The Kier molecular flexibility index (Phi) is 2.94. The van der Waals surface area contributed by atoms with Gasteiger partial charge in [-0.05, 0) is 0 Å². The standard InChI is InChI=1S/CHBCl2O2/c3-1(4)2(5)6/h1H/q-2. The lowest BCUT2D eigenvalue weighted by atomic mass is 9.97. The number of hydrogen-bond donors (Lipinski definition) is 0. The van der Waals surface area contributed by atoms with Crippen LogP contribution in [0.1, 0.15) is 0 Å². The first-order chi connectivity index (χ1) is 2.64. The van der Waals surface area contributed by atoms with Gasteiger partial charge in [0.1, 0.15) is 0 Å². The summed E-state index contributed by atoms with van der Waals surface area (Å²) in [6.45, 7) is 0. The molecule has 0 N–H and O–H groups in total. The molecule has 0 spiro atoms. The van der Waals surface area contributed by atoms with Crippen LogP contribution in [0.2, 0.25) is 0 Å². The average molecular weight is 127 g/mol. The average Bonchev–Trinajstić information content (AvgIpc) is 1.36. The van der Waals surface area contributed by atoms with Gasteiger partial charge in [-0.3, -0.25) is 0 Å². The maximum Gasteiger partial charge on any atom is 0.0403 e. The molecule has 0 fully saturated rings. The summed E-state index contributed by atoms with van der Waals surface area (Å²) in [6.07, 6.45) is 0. The quantitative estimate of drug-likeness (QED) is 0.319. The van der Waals surface area contributed by atoms with E-state index in [9.17, 15) is 10.0 Å². The van der Waals surface area contributed by atoms with Crippen LogP contribution < -0.4 is 10.0 Å². The van der Waals surface area contributed by atoms with Gasteiger partial charge in [0.25, 0.3) is 0 Å². The van der Waals surface area contributed by atoms with Crippen LogP contribution in [0.3, 0.4) is 0 Å². The Morgan fingerprint density at radius 3 is 1.50 bits per heavy atom. The van der Waals surface area contributed by atoms with Crippen molar-refractivity contribution in [2.45, 2.75) is 4.74 Å². The molecule has 2 nitrogen and oxygen atoms in total. The van der Waals surface area contributed by atoms with Crippen molar-refractivity contribution in [2.75, 3.05) is 0 Å². The maximum absolute atomic E-state index is 9.41. The third kappa shape index (κ3) is 2.78. The van der Waals surface area contributed by atoms with Crippen LogP contribution in [0.4, 0.5) is 0 Å². The third-order valence-corrected chi connectivity index (χ3v) is 0.617. The molecule has 0 saturated carbocycles. The molecule has 0 atom stereocenters. The molecule has 0 aromatic heterocycles. The Hall–Kier alpha value is 0.565. The highest BCUT2D eigenvalue weighted by Crippen LogP contribution is 1.96. The molecule has 36 valence electrons. The Balaban J connectivity index is 2.99. The molecule has 0 aromatic carbocycles. The van der Waals surface area contributed by atoms with Gasteiger partial charge in [0.2, 0.25) is 0 Å². The van der Waals surface area contributed by atoms with Crippen molar-refractivity contribution < 1.29 is 10.0 Å². The lowest BCUT2D eigenvalue weighted by Gasteiger charge is -2.26. The molecule has 0 amide bonds. The van der Waals surface area contributed by atoms with Gasteiger partial charge in [-0.15, -0.1) is 23.2 Å². The third-order valence-electron chi connectivity index (χ3n) is 0.206. The maximum atomic E-state index is 9.41. The van der Waals surface area contributed by atoms with E-state index in [1.807, 2.05) is 0 Å². The minimum atomic E-state index is -2.12. The minimum Gasteiger partial charge on any atom is -0.891 e. The number of alkyl halides is 2. The fraction of sp³-hybridized carbons (Fsp3) is 1.00. The molecular weight excluding hydrogens is 126 g/mol. The van der Waals surface area contributed by atoms with E-state index < -0.39 is 11.9 Å². The highest BCUT2D eigenvalue weighted by Gasteiger charge is 1.87. The van der Waals surface area contributed by atoms with Crippen molar-refractivity contribution in [3.8, 4) is 0 Å². The summed E-state index contributed by atoms with van der Waals surface area (Å²) in [5.74, 6) is 0. The Morgan fingerprint density at radius 2 is 1.50 bits per heavy atom. The fourth-order valence-corrected chi connectivity index (χ4v) is 0. The van der Waals surface area contributed by atoms with Crippen LogP contribution in [-0.2, 0) is 0 Å². The molecule has 0 unspecified atom stereocenters. The monoisotopic (exact) mass is 126 g/mol. The summed E-state index contributed by atoms with van der Waals surface area (Å²) in [6, 6.07) is 0. The van der Waals surface area contributed by atoms with Crippen molar-refractivity contribution in [3.05, 3.63) is 0 Å². The summed E-state index contributed by atoms with van der Waals surface area (Å²) in [4.78, 5) is 0. The van der Waals surface area contributed by atoms with Gasteiger partial charge in [-0.2, -0.15) is 0 Å². The second kappa shape index (κ2) is 2.69. The number of halogens is 2. The summed E-state index contributed by atoms with van der Waals surface area (Å²) in [7, 11) is -2.12. The zero-order valence-electron chi connectivity index (χ0n) is 2.73. The smallest absolute Gasteiger partial charge is 0.0403 e. The first kappa shape index (κ1) is 6.56. The first-order valence-electron chi connectivity index (χ1n) is 1.24. The summed E-state index contributed by atoms with van der Waals surface area (Å²) < 4.78 is -1.31. The Labute approximate surface area is 45.8 Å². The number of rotatable bonds is 1. The van der Waals surface area contributed by atoms with Crippen molar-refractivity contribution in [1.29, 1.82) is 0 Å². The molecule has 0 aliphatic carbocycles. The molecule has 5 heteroatoms. The predicted octanol–water partition coefficient (Wildman–Crippen LogP) is -1.46. The van der Waals surface area contributed by atoms with Crippen molar-refractivity contribution in [2.24, 2.45) is 0 Å². The van der Waals surface area contributed by atoms with E-state index in [0.29, 0.717) is 0 Å². The van der Waals surface area contributed by atoms with Crippen LogP contribution in [-0.4, -0.2) is 11.9 Å². The van der Waals surface area contributed by atoms with Crippen molar-refractivity contribution in [1.82, 2.24) is 0 Å². The fourth-order valence-electron chi connectivity index (χ4n) is 0. The predicted molar refractivity (Wildman–Crippen MR) is 21.2 cm³/mol. The van der Waals surface area contributed by atoms with Crippen LogP contribution in [0.5, 0.6) is 0 Å². The molecular formula is CHBCl2O2-2. The van der Waals surface area contributed by atoms with E-state index in [0.717, 1.165) is 0 Å². The molecule has 0 radical (unpaired) electrons. The van der Waals surface area contributed by atoms with Gasteiger partial charge < -0.3 is 10.0 Å². The number of hydrogen-bond acceptors (Lipinski definition) is 2. The van der Waals surface area contributed by atoms with Crippen LogP contribution in [0.25, 0.3) is 0 Å². The van der Waals surface area contributed by atoms with E-state index in [2.05, 4.69) is 0 Å². The SMILES string of the molecule is [O-]B([O-])C(Cl)Cl. The van der Waals surface area contributed by atoms with Gasteiger partial charge in [-0.25, -0.2) is 0 Å². The summed E-state index contributed by atoms with van der Waals surface area (Å²) >= 11 is 9.51. The second-order valence-electron chi connectivity index (χ2n) is 0.703. The van der Waals surface area contributed by atoms with Crippen LogP contribution in [0, 0.1) is 0 Å². The molecule has 0 saturated heterocycles. The Bertz CT molecular complexity index is 32.5. The van der Waals surface area contributed by atoms with E-state index in [1.165, 1.54) is 0 Å². The van der Waals surface area contributed by atoms with Gasteiger partial charge >= 0.3 is 0 Å². The van der Waals surface area contributed by atoms with Crippen molar-refractivity contribution in [3.63, 3.8) is 0 Å². The molecule has 0 heterocycles. The van der Waals surface area contributed by atoms with Crippen LogP contribution >= 0.6 is 23.2 Å². The topological polar surface area (TPSA) is 46.1 Å². The second-order valence-corrected chi connectivity index (χ2v) is 1.87. The van der Waals surface area contributed by atoms with Gasteiger partial charge in [-0.1, -0.05) is 7.12 Å². The van der Waals surface area contributed by atoms with E-state index in [4.69, 9.17) is 23.2 Å². The normalized spacial score (nSPS) is 9.50. The summed E-state index contributed by atoms with van der Waals surface area (Å²) in [5.41, 5.74) is 0. The molecule has 0 bridgehead atoms. The minimum absolute atomic E-state index is 1.31. The molecule has 0 aliphatic heterocycles. The highest BCUT2D eigenvalue weighted by molar-refractivity contribution is 6.69. The first-order valence-corrected chi connectivity index (χ1v) is 2.11. The zero-order chi connectivity index (χ0) is 5.15. The summed E-state index contributed by atoms with van der Waals surface area (Å²) in [5, 5.41) is 18.8. The van der Waals surface area contributed by atoms with Crippen LogP contribution in [0.15, 0.2) is 0 Å². The van der Waals surface area contributed by atoms with E-state index in [1.54, 1.807) is 0 Å². The largest absolute Gasteiger partial charge is 0.891 e. The van der Waals surface area contributed by atoms with E-state index in [-0.39, 0.29) is 0 Å². The molecule has 0 aliphatic rings. The molecule has 6 heavy (non-hydrogen) atoms. The molecule has 0 rings (SSSR count). The van der Waals surface area contributed by atoms with Gasteiger partial charge in [0.15, 0.2) is 0 Å². The highest BCUT2D eigenvalue weighted by atomic mass is 35.5. The Morgan fingerprint density at radius 1 is 1.33 bits per heavy atom. The van der Waals surface area contributed by atoms with E-state index >= 15 is 0 Å². The zero-order valence-corrected chi connectivity index (χ0v) is 4.24. The molecule has 0 aromatic rings. The van der Waals surface area contributed by atoms with Gasteiger partial charge in [0.05, 0.1) is 0 Å². The lowest BCUT2D eigenvalue weighted by Crippen LogP contribution is -2.50. The van der Waals surface area contributed by atoms with Crippen molar-refractivity contribution >= 4 is 30.3 Å².